The molecule has 3 rings (SSSR count). The summed E-state index contributed by atoms with van der Waals surface area (Å²) in [7, 11) is -0.256. The van der Waals surface area contributed by atoms with Crippen LogP contribution >= 0.6 is 0 Å². The van der Waals surface area contributed by atoms with E-state index in [1.54, 1.807) is 0 Å². The van der Waals surface area contributed by atoms with Gasteiger partial charge in [-0.2, -0.15) is 5.10 Å². The standard InChI is InChI=1S/C11H17BN2O2/c1-8-9-7-14(13-8)6-5-11(4)10(2,3)15-12(9)16-11/h7H,5-6H2,1-4H3. The van der Waals surface area contributed by atoms with Crippen molar-refractivity contribution >= 4 is 12.6 Å². The quantitative estimate of drug-likeness (QED) is 0.609. The van der Waals surface area contributed by atoms with E-state index in [0.29, 0.717) is 0 Å². The summed E-state index contributed by atoms with van der Waals surface area (Å²) < 4.78 is 14.1. The number of aromatic nitrogens is 2. The van der Waals surface area contributed by atoms with E-state index in [1.165, 1.54) is 0 Å². The highest BCUT2D eigenvalue weighted by Crippen LogP contribution is 2.40. The summed E-state index contributed by atoms with van der Waals surface area (Å²) in [6.07, 6.45) is 2.97. The van der Waals surface area contributed by atoms with Gasteiger partial charge >= 0.3 is 7.12 Å². The van der Waals surface area contributed by atoms with E-state index in [9.17, 15) is 0 Å². The summed E-state index contributed by atoms with van der Waals surface area (Å²) in [5.74, 6) is 0. The second-order valence-corrected chi connectivity index (χ2v) is 5.49. The monoisotopic (exact) mass is 220 g/mol. The Morgan fingerprint density at radius 2 is 2.12 bits per heavy atom. The molecule has 0 amide bonds. The van der Waals surface area contributed by atoms with Crippen molar-refractivity contribution in [3.05, 3.63) is 11.9 Å². The highest BCUT2D eigenvalue weighted by atomic mass is 16.7. The molecule has 1 aromatic heterocycles. The smallest absolute Gasteiger partial charge is 0.399 e. The molecule has 0 spiro atoms. The van der Waals surface area contributed by atoms with Gasteiger partial charge in [0.1, 0.15) is 0 Å². The van der Waals surface area contributed by atoms with Gasteiger partial charge in [0.15, 0.2) is 0 Å². The van der Waals surface area contributed by atoms with Crippen molar-refractivity contribution < 1.29 is 9.31 Å². The van der Waals surface area contributed by atoms with Gasteiger partial charge in [0.05, 0.1) is 16.9 Å². The number of hydrogen-bond acceptors (Lipinski definition) is 3. The fraction of sp³-hybridized carbons (Fsp3) is 0.727. The minimum atomic E-state index is -0.256. The van der Waals surface area contributed by atoms with Crippen LogP contribution in [0, 0.1) is 6.92 Å². The maximum Gasteiger partial charge on any atom is 0.498 e. The third-order valence-corrected chi connectivity index (χ3v) is 4.10. The molecule has 0 N–H and O–H groups in total. The molecule has 1 unspecified atom stereocenters. The maximum atomic E-state index is 6.11. The van der Waals surface area contributed by atoms with Crippen LogP contribution in [-0.4, -0.2) is 28.1 Å². The molecular weight excluding hydrogens is 203 g/mol. The lowest BCUT2D eigenvalue weighted by Crippen LogP contribution is -2.45. The van der Waals surface area contributed by atoms with Crippen molar-refractivity contribution in [2.75, 3.05) is 0 Å². The zero-order valence-corrected chi connectivity index (χ0v) is 10.3. The van der Waals surface area contributed by atoms with Crippen LogP contribution in [0.1, 0.15) is 32.9 Å². The summed E-state index contributed by atoms with van der Waals surface area (Å²) in [5, 5.41) is 4.47. The molecule has 0 aliphatic carbocycles. The number of aryl methyl sites for hydroxylation is 2. The lowest BCUT2D eigenvalue weighted by molar-refractivity contribution is -0.0190. The molecule has 1 fully saturated rings. The van der Waals surface area contributed by atoms with Crippen LogP contribution in [-0.2, 0) is 15.9 Å². The normalized spacial score (nSPS) is 31.4. The van der Waals surface area contributed by atoms with Gasteiger partial charge in [-0.05, 0) is 34.1 Å². The van der Waals surface area contributed by atoms with Crippen LogP contribution in [0.15, 0.2) is 6.20 Å². The second kappa shape index (κ2) is 2.90. The molecule has 0 aromatic carbocycles. The van der Waals surface area contributed by atoms with Crippen LogP contribution < -0.4 is 5.46 Å². The Bertz CT molecular complexity index is 443. The summed E-state index contributed by atoms with van der Waals surface area (Å²) >= 11 is 0. The van der Waals surface area contributed by atoms with Gasteiger partial charge in [-0.3, -0.25) is 4.68 Å². The molecule has 4 bridgehead atoms. The topological polar surface area (TPSA) is 36.3 Å². The van der Waals surface area contributed by atoms with Crippen molar-refractivity contribution in [1.82, 2.24) is 9.78 Å². The highest BCUT2D eigenvalue weighted by Gasteiger charge is 2.55. The number of rotatable bonds is 0. The Morgan fingerprint density at radius 3 is 2.88 bits per heavy atom. The molecule has 1 atom stereocenters. The average molecular weight is 220 g/mol. The van der Waals surface area contributed by atoms with E-state index < -0.39 is 0 Å². The third kappa shape index (κ3) is 1.21. The number of fused-ring (bicyclic) bond motifs is 5. The molecule has 2 aliphatic heterocycles. The molecule has 1 saturated heterocycles. The van der Waals surface area contributed by atoms with E-state index in [4.69, 9.17) is 9.31 Å². The Labute approximate surface area is 96.1 Å². The first-order valence-corrected chi connectivity index (χ1v) is 5.81. The van der Waals surface area contributed by atoms with Gasteiger partial charge in [-0.1, -0.05) is 0 Å². The lowest BCUT2D eigenvalue weighted by atomic mass is 9.79. The Morgan fingerprint density at radius 1 is 1.38 bits per heavy atom. The minimum Gasteiger partial charge on any atom is -0.399 e. The van der Waals surface area contributed by atoms with E-state index >= 15 is 0 Å². The first kappa shape index (κ1) is 10.4. The van der Waals surface area contributed by atoms with Gasteiger partial charge in [-0.15, -0.1) is 0 Å². The van der Waals surface area contributed by atoms with Crippen LogP contribution in [0.4, 0.5) is 0 Å². The van der Waals surface area contributed by atoms with Gasteiger partial charge in [0.25, 0.3) is 0 Å². The lowest BCUT2D eigenvalue weighted by Gasteiger charge is -2.36. The molecule has 0 saturated carbocycles. The van der Waals surface area contributed by atoms with Crippen molar-refractivity contribution in [1.29, 1.82) is 0 Å². The first-order chi connectivity index (χ1) is 7.41. The summed E-state index contributed by atoms with van der Waals surface area (Å²) in [6.45, 7) is 9.24. The summed E-state index contributed by atoms with van der Waals surface area (Å²) in [5.41, 5.74) is 1.60. The maximum absolute atomic E-state index is 6.11. The number of nitrogens with zero attached hydrogens (tertiary/aromatic N) is 2. The van der Waals surface area contributed by atoms with Crippen molar-refractivity contribution in [2.45, 2.75) is 51.9 Å². The van der Waals surface area contributed by atoms with Crippen LogP contribution in [0.2, 0.25) is 0 Å². The second-order valence-electron chi connectivity index (χ2n) is 5.49. The Kier molecular flexibility index (Phi) is 1.88. The van der Waals surface area contributed by atoms with Gasteiger partial charge in [0.2, 0.25) is 0 Å². The number of hydrogen-bond donors (Lipinski definition) is 0. The van der Waals surface area contributed by atoms with Crippen LogP contribution in [0.25, 0.3) is 0 Å². The van der Waals surface area contributed by atoms with E-state index in [2.05, 4.69) is 25.9 Å². The molecule has 2 aliphatic rings. The molecule has 3 heterocycles. The fourth-order valence-corrected chi connectivity index (χ4v) is 2.49. The largest absolute Gasteiger partial charge is 0.498 e. The minimum absolute atomic E-state index is 0.227. The van der Waals surface area contributed by atoms with Crippen molar-refractivity contribution in [3.63, 3.8) is 0 Å². The van der Waals surface area contributed by atoms with Gasteiger partial charge in [0, 0.05) is 18.2 Å². The molecule has 4 nitrogen and oxygen atoms in total. The molecule has 86 valence electrons. The Hall–Kier alpha value is -0.805. The third-order valence-electron chi connectivity index (χ3n) is 4.10. The zero-order valence-electron chi connectivity index (χ0n) is 10.3. The predicted octanol–water partition coefficient (Wildman–Crippen LogP) is 0.875. The van der Waals surface area contributed by atoms with E-state index in [0.717, 1.165) is 24.1 Å². The average Bonchev–Trinajstić information content (AvgIpc) is 2.64. The molecular formula is C11H17BN2O2. The van der Waals surface area contributed by atoms with E-state index in [-0.39, 0.29) is 18.3 Å². The fourth-order valence-electron chi connectivity index (χ4n) is 2.49. The Balaban J connectivity index is 2.09. The molecule has 16 heavy (non-hydrogen) atoms. The van der Waals surface area contributed by atoms with Crippen molar-refractivity contribution in [3.8, 4) is 0 Å². The van der Waals surface area contributed by atoms with Gasteiger partial charge < -0.3 is 9.31 Å². The summed E-state index contributed by atoms with van der Waals surface area (Å²) in [4.78, 5) is 0. The van der Waals surface area contributed by atoms with Crippen LogP contribution in [0.3, 0.4) is 0 Å². The van der Waals surface area contributed by atoms with Crippen molar-refractivity contribution in [2.24, 2.45) is 0 Å². The highest BCUT2D eigenvalue weighted by molar-refractivity contribution is 6.62. The summed E-state index contributed by atoms with van der Waals surface area (Å²) in [6, 6.07) is 0. The predicted molar refractivity (Wildman–Crippen MR) is 61.6 cm³/mol. The molecule has 5 heteroatoms. The molecule has 0 radical (unpaired) electrons. The molecule has 1 aromatic rings. The van der Waals surface area contributed by atoms with E-state index in [1.807, 2.05) is 17.8 Å². The van der Waals surface area contributed by atoms with Crippen LogP contribution in [0.5, 0.6) is 0 Å². The first-order valence-electron chi connectivity index (χ1n) is 5.81. The SMILES string of the molecule is Cc1nn2cc1B1OC(C)(C)C(C)(CC2)O1. The zero-order chi connectivity index (χ0) is 11.6. The van der Waals surface area contributed by atoms with Gasteiger partial charge in [-0.25, -0.2) is 0 Å².